The van der Waals surface area contributed by atoms with Gasteiger partial charge in [-0.15, -0.1) is 11.9 Å². The van der Waals surface area contributed by atoms with Crippen LogP contribution in [0, 0.1) is 0 Å². The van der Waals surface area contributed by atoms with E-state index in [0.29, 0.717) is 0 Å². The summed E-state index contributed by atoms with van der Waals surface area (Å²) in [5.74, 6) is 3.47. The third-order valence-electron chi connectivity index (χ3n) is 0.303. The third kappa shape index (κ3) is 0.455. The van der Waals surface area contributed by atoms with Gasteiger partial charge in [-0.2, -0.15) is 10.2 Å². The molecule has 1 rings (SSSR count). The second kappa shape index (κ2) is 1.18. The average molecular weight is 85.0 g/mol. The third-order valence-corrected chi connectivity index (χ3v) is 0.777. The summed E-state index contributed by atoms with van der Waals surface area (Å²) in [6.45, 7) is 0. The van der Waals surface area contributed by atoms with Gasteiger partial charge in [-0.25, -0.2) is 0 Å². The molecule has 1 aromatic heterocycles. The van der Waals surface area contributed by atoms with Crippen LogP contribution in [-0.2, 0) is 0 Å². The molecule has 0 unspecified atom stereocenters. The first kappa shape index (κ1) is 2.86. The molecule has 0 spiro atoms. The molecule has 1 heterocycles. The van der Waals surface area contributed by atoms with Crippen molar-refractivity contribution in [2.45, 2.75) is 0 Å². The second-order valence-electron chi connectivity index (χ2n) is 0.611. The van der Waals surface area contributed by atoms with Gasteiger partial charge >= 0.3 is 0 Å². The SMILES string of the molecule is c1nnc[p-]1. The Morgan fingerprint density at radius 2 is 1.80 bits per heavy atom. The molecule has 5 heavy (non-hydrogen) atoms. The van der Waals surface area contributed by atoms with E-state index >= 15 is 0 Å². The van der Waals surface area contributed by atoms with E-state index in [9.17, 15) is 0 Å². The number of rotatable bonds is 0. The normalized spacial score (nSPS) is 8.00. The number of aromatic nitrogens is 2. The molecular formula is C2H2N2P-. The summed E-state index contributed by atoms with van der Waals surface area (Å²) in [7, 11) is 1.11. The van der Waals surface area contributed by atoms with E-state index in [1.807, 2.05) is 0 Å². The largest absolute Gasteiger partial charge is 0.488 e. The van der Waals surface area contributed by atoms with Crippen LogP contribution < -0.4 is 0 Å². The van der Waals surface area contributed by atoms with Gasteiger partial charge in [-0.3, -0.25) is 0 Å². The summed E-state index contributed by atoms with van der Waals surface area (Å²) in [6.07, 6.45) is 0. The molecule has 0 aliphatic heterocycles. The predicted molar refractivity (Wildman–Crippen MR) is 20.1 cm³/mol. The Bertz CT molecular complexity index is 64.1. The maximum absolute atomic E-state index is 3.52. The van der Waals surface area contributed by atoms with Crippen molar-refractivity contribution in [2.24, 2.45) is 0 Å². The van der Waals surface area contributed by atoms with Crippen molar-refractivity contribution < 1.29 is 0 Å². The van der Waals surface area contributed by atoms with Crippen LogP contribution in [0.25, 0.3) is 0 Å². The minimum absolute atomic E-state index is 1.11. The molecule has 0 N–H and O–H groups in total. The van der Waals surface area contributed by atoms with E-state index in [4.69, 9.17) is 0 Å². The molecule has 0 fully saturated rings. The fourth-order valence-electron chi connectivity index (χ4n) is 0.149. The van der Waals surface area contributed by atoms with Gasteiger partial charge in [0.2, 0.25) is 0 Å². The van der Waals surface area contributed by atoms with Crippen LogP contribution in [0.3, 0.4) is 0 Å². The van der Waals surface area contributed by atoms with Crippen LogP contribution in [-0.4, -0.2) is 10.2 Å². The van der Waals surface area contributed by atoms with E-state index in [-0.39, 0.29) is 0 Å². The van der Waals surface area contributed by atoms with Gasteiger partial charge in [-0.1, -0.05) is 0 Å². The van der Waals surface area contributed by atoms with Crippen molar-refractivity contribution in [3.8, 4) is 0 Å². The zero-order valence-corrected chi connectivity index (χ0v) is 3.39. The molecule has 0 amide bonds. The van der Waals surface area contributed by atoms with Crippen molar-refractivity contribution >= 4 is 8.19 Å². The molecular weight excluding hydrogens is 83.0 g/mol. The molecule has 0 saturated heterocycles. The minimum atomic E-state index is 1.11. The van der Waals surface area contributed by atoms with Gasteiger partial charge in [-0.05, 0) is 0 Å². The highest BCUT2D eigenvalue weighted by Crippen LogP contribution is 1.91. The van der Waals surface area contributed by atoms with Gasteiger partial charge in [0.15, 0.2) is 0 Å². The lowest BCUT2D eigenvalue weighted by Crippen LogP contribution is -1.53. The molecule has 0 radical (unpaired) electrons. The van der Waals surface area contributed by atoms with Crippen molar-refractivity contribution in [3.63, 3.8) is 0 Å². The van der Waals surface area contributed by atoms with Crippen molar-refractivity contribution in [1.29, 1.82) is 0 Å². The Morgan fingerprint density at radius 3 is 2.00 bits per heavy atom. The lowest BCUT2D eigenvalue weighted by Gasteiger charge is -1.60. The van der Waals surface area contributed by atoms with Crippen LogP contribution in [0.4, 0.5) is 0 Å². The lowest BCUT2D eigenvalue weighted by atomic mass is 11.6. The van der Waals surface area contributed by atoms with Crippen molar-refractivity contribution in [2.75, 3.05) is 0 Å². The first-order chi connectivity index (χ1) is 2.50. The first-order valence-electron chi connectivity index (χ1n) is 1.23. The van der Waals surface area contributed by atoms with Gasteiger partial charge < -0.3 is 8.19 Å². The minimum Gasteiger partial charge on any atom is -0.488 e. The van der Waals surface area contributed by atoms with E-state index in [1.54, 1.807) is 11.9 Å². The maximum Gasteiger partial charge on any atom is -0.108 e. The molecule has 0 aromatic carbocycles. The topological polar surface area (TPSA) is 25.8 Å². The number of nitrogens with zero attached hydrogens (tertiary/aromatic N) is 2. The van der Waals surface area contributed by atoms with Crippen LogP contribution >= 0.6 is 8.19 Å². The maximum atomic E-state index is 3.52. The van der Waals surface area contributed by atoms with Crippen LogP contribution in [0.15, 0.2) is 11.9 Å². The number of hydrogen-bond acceptors (Lipinski definition) is 2. The van der Waals surface area contributed by atoms with Crippen LogP contribution in [0.1, 0.15) is 0 Å². The van der Waals surface area contributed by atoms with Gasteiger partial charge in [0, 0.05) is 0 Å². The Labute approximate surface area is 31.3 Å². The molecule has 1 aromatic rings. The van der Waals surface area contributed by atoms with E-state index in [0.717, 1.165) is 8.19 Å². The molecule has 26 valence electrons. The van der Waals surface area contributed by atoms with E-state index in [1.165, 1.54) is 0 Å². The zero-order chi connectivity index (χ0) is 3.54. The fraction of sp³-hybridized carbons (Fsp3) is 0. The highest BCUT2D eigenvalue weighted by molar-refractivity contribution is 7.27. The fourth-order valence-corrected chi connectivity index (χ4v) is 0.447. The lowest BCUT2D eigenvalue weighted by molar-refractivity contribution is 1.09. The molecule has 0 aliphatic rings. The average Bonchev–Trinajstić information content (AvgIpc) is 1.76. The van der Waals surface area contributed by atoms with Crippen molar-refractivity contribution in [3.05, 3.63) is 11.9 Å². The zero-order valence-electron chi connectivity index (χ0n) is 2.50. The summed E-state index contributed by atoms with van der Waals surface area (Å²) in [5, 5.41) is 7.03. The smallest absolute Gasteiger partial charge is 0.108 e. The molecule has 0 aliphatic carbocycles. The van der Waals surface area contributed by atoms with Gasteiger partial charge in [0.25, 0.3) is 0 Å². The monoisotopic (exact) mass is 85.0 g/mol. The summed E-state index contributed by atoms with van der Waals surface area (Å²) in [4.78, 5) is 0. The Morgan fingerprint density at radius 1 is 1.20 bits per heavy atom. The summed E-state index contributed by atoms with van der Waals surface area (Å²) in [5.41, 5.74) is 0. The highest BCUT2D eigenvalue weighted by atomic mass is 31.0. The molecule has 0 bridgehead atoms. The van der Waals surface area contributed by atoms with Crippen LogP contribution in [0.5, 0.6) is 0 Å². The highest BCUT2D eigenvalue weighted by Gasteiger charge is 1.42. The Kier molecular flexibility index (Phi) is 0.673. The molecule has 3 heteroatoms. The second-order valence-corrected chi connectivity index (χ2v) is 1.37. The predicted octanol–water partition coefficient (Wildman–Crippen LogP) is 0.776. The van der Waals surface area contributed by atoms with Gasteiger partial charge in [0.05, 0.1) is 0 Å². The van der Waals surface area contributed by atoms with E-state index in [2.05, 4.69) is 10.2 Å². The van der Waals surface area contributed by atoms with Gasteiger partial charge in [0.1, 0.15) is 0 Å². The first-order valence-corrected chi connectivity index (χ1v) is 2.27. The standard InChI is InChI=1S/C2H2N2P/c1-3-4-2-5-1/h1-2H/q-1. The molecule has 2 nitrogen and oxygen atoms in total. The van der Waals surface area contributed by atoms with Crippen LogP contribution in [0.2, 0.25) is 0 Å². The Hall–Kier alpha value is -0.360. The molecule has 0 atom stereocenters. The summed E-state index contributed by atoms with van der Waals surface area (Å²) < 4.78 is 0. The Balaban J connectivity index is 3.13. The van der Waals surface area contributed by atoms with E-state index < -0.39 is 0 Å². The molecule has 0 saturated carbocycles. The summed E-state index contributed by atoms with van der Waals surface area (Å²) in [6, 6.07) is 0. The number of hydrogen-bond donors (Lipinski definition) is 0. The summed E-state index contributed by atoms with van der Waals surface area (Å²) >= 11 is 0. The quantitative estimate of drug-likeness (QED) is 0.465. The van der Waals surface area contributed by atoms with Crippen molar-refractivity contribution in [1.82, 2.24) is 10.2 Å².